The van der Waals surface area contributed by atoms with Crippen LogP contribution in [0.4, 0.5) is 4.39 Å². The Bertz CT molecular complexity index is 625. The summed E-state index contributed by atoms with van der Waals surface area (Å²) in [6.45, 7) is 2.44. The van der Waals surface area contributed by atoms with Gasteiger partial charge < -0.3 is 9.42 Å². The molecule has 0 radical (unpaired) electrons. The topological polar surface area (TPSA) is 46.3 Å². The van der Waals surface area contributed by atoms with Gasteiger partial charge >= 0.3 is 0 Å². The highest BCUT2D eigenvalue weighted by Crippen LogP contribution is 2.32. The fourth-order valence-corrected chi connectivity index (χ4v) is 2.73. The molecule has 5 heteroatoms. The highest BCUT2D eigenvalue weighted by molar-refractivity contribution is 5.96. The highest BCUT2D eigenvalue weighted by Gasteiger charge is 2.32. The van der Waals surface area contributed by atoms with Gasteiger partial charge in [0.1, 0.15) is 17.8 Å². The Balaban J connectivity index is 1.89. The standard InChI is InChI=1S/C15H15FN2O2/c1-10-9-11(16)4-5-12(10)15(19)18-7-2-3-14(18)13-6-8-20-17-13/h4-6,8-9,14H,2-3,7H2,1H3/t14-/m1/s1. The van der Waals surface area contributed by atoms with Crippen molar-refractivity contribution in [2.75, 3.05) is 6.54 Å². The minimum Gasteiger partial charge on any atom is -0.364 e. The smallest absolute Gasteiger partial charge is 0.254 e. The Hall–Kier alpha value is -2.17. The SMILES string of the molecule is Cc1cc(F)ccc1C(=O)N1CCC[C@@H]1c1ccon1. The number of carbonyl (C=O) groups excluding carboxylic acids is 1. The van der Waals surface area contributed by atoms with Crippen LogP contribution in [0, 0.1) is 12.7 Å². The number of aryl methyl sites for hydroxylation is 1. The molecule has 1 fully saturated rings. The second kappa shape index (κ2) is 5.07. The lowest BCUT2D eigenvalue weighted by Crippen LogP contribution is -2.31. The highest BCUT2D eigenvalue weighted by atomic mass is 19.1. The van der Waals surface area contributed by atoms with E-state index < -0.39 is 0 Å². The maximum Gasteiger partial charge on any atom is 0.254 e. The molecule has 104 valence electrons. The first-order valence-electron chi connectivity index (χ1n) is 6.64. The fraction of sp³-hybridized carbons (Fsp3) is 0.333. The van der Waals surface area contributed by atoms with E-state index in [1.54, 1.807) is 24.0 Å². The summed E-state index contributed by atoms with van der Waals surface area (Å²) in [5.74, 6) is -0.401. The van der Waals surface area contributed by atoms with Crippen LogP contribution in [0.3, 0.4) is 0 Å². The summed E-state index contributed by atoms with van der Waals surface area (Å²) in [5.41, 5.74) is 1.97. The van der Waals surface area contributed by atoms with Crippen molar-refractivity contribution in [3.05, 3.63) is 53.2 Å². The molecule has 0 spiro atoms. The number of carbonyl (C=O) groups is 1. The van der Waals surface area contributed by atoms with Gasteiger partial charge in [0.15, 0.2) is 0 Å². The zero-order valence-electron chi connectivity index (χ0n) is 11.2. The first-order chi connectivity index (χ1) is 9.66. The molecule has 0 bridgehead atoms. The quantitative estimate of drug-likeness (QED) is 0.845. The number of rotatable bonds is 2. The summed E-state index contributed by atoms with van der Waals surface area (Å²) in [7, 11) is 0. The van der Waals surface area contributed by atoms with Crippen LogP contribution in [0.2, 0.25) is 0 Å². The van der Waals surface area contributed by atoms with Crippen LogP contribution in [-0.2, 0) is 0 Å². The van der Waals surface area contributed by atoms with Crippen LogP contribution >= 0.6 is 0 Å². The average molecular weight is 274 g/mol. The minimum absolute atomic E-state index is 0.0503. The number of nitrogens with zero attached hydrogens (tertiary/aromatic N) is 2. The van der Waals surface area contributed by atoms with Crippen molar-refractivity contribution in [1.82, 2.24) is 10.1 Å². The molecule has 1 aliphatic heterocycles. The molecule has 1 saturated heterocycles. The summed E-state index contributed by atoms with van der Waals surface area (Å²) in [6.07, 6.45) is 3.32. The van der Waals surface area contributed by atoms with Crippen molar-refractivity contribution in [3.63, 3.8) is 0 Å². The van der Waals surface area contributed by atoms with Gasteiger partial charge in [-0.2, -0.15) is 0 Å². The molecule has 3 rings (SSSR count). The van der Waals surface area contributed by atoms with E-state index in [9.17, 15) is 9.18 Å². The van der Waals surface area contributed by atoms with Gasteiger partial charge in [0, 0.05) is 18.2 Å². The van der Waals surface area contributed by atoms with Crippen molar-refractivity contribution in [3.8, 4) is 0 Å². The van der Waals surface area contributed by atoms with Gasteiger partial charge in [0.25, 0.3) is 5.91 Å². The second-order valence-electron chi connectivity index (χ2n) is 5.04. The molecule has 2 heterocycles. The molecule has 0 saturated carbocycles. The van der Waals surface area contributed by atoms with E-state index in [0.29, 0.717) is 17.7 Å². The molecule has 1 atom stereocenters. The third kappa shape index (κ3) is 2.19. The predicted octanol–water partition coefficient (Wildman–Crippen LogP) is 3.10. The zero-order valence-corrected chi connectivity index (χ0v) is 11.2. The lowest BCUT2D eigenvalue weighted by Gasteiger charge is -2.23. The van der Waals surface area contributed by atoms with Crippen molar-refractivity contribution in [2.24, 2.45) is 0 Å². The molecule has 0 N–H and O–H groups in total. The van der Waals surface area contributed by atoms with Gasteiger partial charge in [0.2, 0.25) is 0 Å². The van der Waals surface area contributed by atoms with Crippen LogP contribution in [0.5, 0.6) is 0 Å². The monoisotopic (exact) mass is 274 g/mol. The number of aromatic nitrogens is 1. The van der Waals surface area contributed by atoms with Gasteiger partial charge in [-0.05, 0) is 43.5 Å². The van der Waals surface area contributed by atoms with E-state index in [1.165, 1.54) is 18.4 Å². The average Bonchev–Trinajstić information content (AvgIpc) is 3.09. The van der Waals surface area contributed by atoms with Gasteiger partial charge in [-0.25, -0.2) is 4.39 Å². The number of hydrogen-bond acceptors (Lipinski definition) is 3. The van der Waals surface area contributed by atoms with E-state index in [2.05, 4.69) is 5.16 Å². The first kappa shape index (κ1) is 12.8. The van der Waals surface area contributed by atoms with Gasteiger partial charge in [-0.1, -0.05) is 5.16 Å². The van der Waals surface area contributed by atoms with Gasteiger partial charge in [0.05, 0.1) is 6.04 Å². The number of amides is 1. The van der Waals surface area contributed by atoms with Crippen molar-refractivity contribution >= 4 is 5.91 Å². The summed E-state index contributed by atoms with van der Waals surface area (Å²) < 4.78 is 18.0. The minimum atomic E-state index is -0.325. The summed E-state index contributed by atoms with van der Waals surface area (Å²) >= 11 is 0. The van der Waals surface area contributed by atoms with Crippen LogP contribution < -0.4 is 0 Å². The molecule has 1 aromatic carbocycles. The Morgan fingerprint density at radius 1 is 1.45 bits per heavy atom. The largest absolute Gasteiger partial charge is 0.364 e. The Morgan fingerprint density at radius 2 is 2.30 bits per heavy atom. The number of likely N-dealkylation sites (tertiary alicyclic amines) is 1. The van der Waals surface area contributed by atoms with Crippen molar-refractivity contribution in [1.29, 1.82) is 0 Å². The number of halogens is 1. The van der Waals surface area contributed by atoms with Gasteiger partial charge in [-0.3, -0.25) is 4.79 Å². The second-order valence-corrected chi connectivity index (χ2v) is 5.04. The van der Waals surface area contributed by atoms with Crippen LogP contribution in [-0.4, -0.2) is 22.5 Å². The van der Waals surface area contributed by atoms with E-state index >= 15 is 0 Å². The lowest BCUT2D eigenvalue weighted by atomic mass is 10.1. The molecular weight excluding hydrogens is 259 g/mol. The van der Waals surface area contributed by atoms with E-state index in [1.807, 2.05) is 0 Å². The van der Waals surface area contributed by atoms with Crippen molar-refractivity contribution in [2.45, 2.75) is 25.8 Å². The molecule has 4 nitrogen and oxygen atoms in total. The molecule has 1 amide bonds. The number of benzene rings is 1. The van der Waals surface area contributed by atoms with Gasteiger partial charge in [-0.15, -0.1) is 0 Å². The summed E-state index contributed by atoms with van der Waals surface area (Å²) in [5, 5.41) is 3.93. The molecule has 0 unspecified atom stereocenters. The van der Waals surface area contributed by atoms with Crippen LogP contribution in [0.25, 0.3) is 0 Å². The Kier molecular flexibility index (Phi) is 3.26. The third-order valence-electron chi connectivity index (χ3n) is 3.73. The molecule has 2 aromatic rings. The predicted molar refractivity (Wildman–Crippen MR) is 70.7 cm³/mol. The lowest BCUT2D eigenvalue weighted by molar-refractivity contribution is 0.0730. The van der Waals surface area contributed by atoms with E-state index in [4.69, 9.17) is 4.52 Å². The summed E-state index contributed by atoms with van der Waals surface area (Å²) in [6, 6.07) is 5.99. The Labute approximate surface area is 116 Å². The van der Waals surface area contributed by atoms with Crippen LogP contribution in [0.15, 0.2) is 35.1 Å². The summed E-state index contributed by atoms with van der Waals surface area (Å²) in [4.78, 5) is 14.4. The maximum atomic E-state index is 13.1. The van der Waals surface area contributed by atoms with E-state index in [-0.39, 0.29) is 17.8 Å². The van der Waals surface area contributed by atoms with E-state index in [0.717, 1.165) is 18.5 Å². The molecule has 0 aliphatic carbocycles. The molecule has 20 heavy (non-hydrogen) atoms. The fourth-order valence-electron chi connectivity index (χ4n) is 2.73. The normalized spacial score (nSPS) is 18.5. The Morgan fingerprint density at radius 3 is 3.00 bits per heavy atom. The molecule has 1 aliphatic rings. The first-order valence-corrected chi connectivity index (χ1v) is 6.64. The number of hydrogen-bond donors (Lipinski definition) is 0. The molecule has 1 aromatic heterocycles. The molecular formula is C15H15FN2O2. The van der Waals surface area contributed by atoms with Crippen LogP contribution in [0.1, 0.15) is 40.5 Å². The third-order valence-corrected chi connectivity index (χ3v) is 3.73. The van der Waals surface area contributed by atoms with Crippen molar-refractivity contribution < 1.29 is 13.7 Å². The maximum absolute atomic E-state index is 13.1. The zero-order chi connectivity index (χ0) is 14.1.